The maximum atomic E-state index is 12.2. The summed E-state index contributed by atoms with van der Waals surface area (Å²) in [6.45, 7) is 0. The van der Waals surface area contributed by atoms with Crippen molar-refractivity contribution < 1.29 is 22.7 Å². The Morgan fingerprint density at radius 2 is 2.05 bits per heavy atom. The Morgan fingerprint density at radius 1 is 1.41 bits per heavy atom. The van der Waals surface area contributed by atoms with Gasteiger partial charge in [-0.1, -0.05) is 0 Å². The fourth-order valence-electron chi connectivity index (χ4n) is 1.29. The molecule has 0 aliphatic heterocycles. The van der Waals surface area contributed by atoms with Gasteiger partial charge < -0.3 is 16.2 Å². The first-order valence-electron chi connectivity index (χ1n) is 5.42. The van der Waals surface area contributed by atoms with Gasteiger partial charge in [0.2, 0.25) is 5.71 Å². The molecule has 1 rings (SSSR count). The van der Waals surface area contributed by atoms with Gasteiger partial charge in [-0.25, -0.2) is 0 Å². The Kier molecular flexibility index (Phi) is 4.91. The first-order valence-corrected chi connectivity index (χ1v) is 5.42. The van der Waals surface area contributed by atoms with Gasteiger partial charge in [0.25, 0.3) is 5.91 Å². The monoisotopic (exact) mass is 314 g/mol. The number of nitrogens with two attached hydrogens (primary N) is 2. The van der Waals surface area contributed by atoms with Crippen LogP contribution in [0.1, 0.15) is 10.4 Å². The summed E-state index contributed by atoms with van der Waals surface area (Å²) in [6.07, 6.45) is -4.92. The molecule has 0 bridgehead atoms. The van der Waals surface area contributed by atoms with Gasteiger partial charge in [-0.3, -0.25) is 15.6 Å². The van der Waals surface area contributed by atoms with Gasteiger partial charge in [-0.2, -0.15) is 10.4 Å². The predicted octanol–water partition coefficient (Wildman–Crippen LogP) is 0.912. The van der Waals surface area contributed by atoms with Crippen molar-refractivity contribution >= 4 is 23.1 Å². The van der Waals surface area contributed by atoms with E-state index in [9.17, 15) is 18.0 Å². The van der Waals surface area contributed by atoms with Crippen LogP contribution >= 0.6 is 0 Å². The van der Waals surface area contributed by atoms with Crippen LogP contribution in [0.25, 0.3) is 0 Å². The Hall–Kier alpha value is -3.29. The standard InChI is InChI=1S/C11H9F3N6O2/c12-11(13,14)22-5-1-2-6(10(18)21)7(3-5)19-20-8(4-15)9(16)17/h1-3,19H,(H3,16,17)(H2,18,21)/b20-8+. The number of benzene rings is 1. The molecule has 0 aliphatic carbocycles. The number of amidine groups is 1. The summed E-state index contributed by atoms with van der Waals surface area (Å²) in [5.74, 6) is -2.24. The molecular formula is C11H9F3N6O2. The van der Waals surface area contributed by atoms with Crippen LogP contribution in [0, 0.1) is 16.7 Å². The van der Waals surface area contributed by atoms with Crippen LogP contribution in [0.5, 0.6) is 5.75 Å². The van der Waals surface area contributed by atoms with Crippen LogP contribution in [0.3, 0.4) is 0 Å². The number of carbonyl (C=O) groups excluding carboxylic acids is 1. The van der Waals surface area contributed by atoms with Crippen LogP contribution in [-0.2, 0) is 0 Å². The number of carbonyl (C=O) groups is 1. The largest absolute Gasteiger partial charge is 0.573 e. The quantitative estimate of drug-likeness (QED) is 0.362. The zero-order chi connectivity index (χ0) is 16.9. The Morgan fingerprint density at radius 3 is 2.50 bits per heavy atom. The molecule has 0 saturated carbocycles. The second-order valence-corrected chi connectivity index (χ2v) is 3.72. The van der Waals surface area contributed by atoms with Crippen molar-refractivity contribution in [1.29, 1.82) is 10.7 Å². The highest BCUT2D eigenvalue weighted by molar-refractivity contribution is 6.45. The zero-order valence-electron chi connectivity index (χ0n) is 10.7. The molecule has 1 amide bonds. The number of ether oxygens (including phenoxy) is 1. The van der Waals surface area contributed by atoms with E-state index in [1.165, 1.54) is 6.07 Å². The third-order valence-corrected chi connectivity index (χ3v) is 2.14. The van der Waals surface area contributed by atoms with Gasteiger partial charge in [0.15, 0.2) is 5.84 Å². The smallest absolute Gasteiger partial charge is 0.406 e. The van der Waals surface area contributed by atoms with Crippen LogP contribution in [0.2, 0.25) is 0 Å². The molecule has 0 saturated heterocycles. The number of halogens is 3. The topological polar surface area (TPSA) is 150 Å². The van der Waals surface area contributed by atoms with E-state index in [1.807, 2.05) is 0 Å². The molecule has 6 N–H and O–H groups in total. The number of primary amides is 1. The molecule has 22 heavy (non-hydrogen) atoms. The summed E-state index contributed by atoms with van der Waals surface area (Å²) in [7, 11) is 0. The molecule has 11 heteroatoms. The van der Waals surface area contributed by atoms with Crippen molar-refractivity contribution in [3.05, 3.63) is 23.8 Å². The third kappa shape index (κ3) is 4.67. The molecule has 0 atom stereocenters. The summed E-state index contributed by atoms with van der Waals surface area (Å²) >= 11 is 0. The number of rotatable bonds is 5. The number of hydrogen-bond acceptors (Lipinski definition) is 6. The molecule has 0 aromatic heterocycles. The fraction of sp³-hybridized carbons (Fsp3) is 0.0909. The van der Waals surface area contributed by atoms with E-state index in [4.69, 9.17) is 22.1 Å². The molecule has 8 nitrogen and oxygen atoms in total. The second kappa shape index (κ2) is 6.44. The van der Waals surface area contributed by atoms with Crippen LogP contribution in [0.15, 0.2) is 23.3 Å². The van der Waals surface area contributed by atoms with Crippen molar-refractivity contribution in [2.45, 2.75) is 6.36 Å². The number of hydrazone groups is 1. The van der Waals surface area contributed by atoms with Gasteiger partial charge in [0.1, 0.15) is 11.8 Å². The highest BCUT2D eigenvalue weighted by atomic mass is 19.4. The average Bonchev–Trinajstić information content (AvgIpc) is 2.36. The lowest BCUT2D eigenvalue weighted by molar-refractivity contribution is -0.274. The Bertz CT molecular complexity index is 677. The molecule has 0 heterocycles. The molecule has 0 fully saturated rings. The molecule has 0 aliphatic rings. The minimum absolute atomic E-state index is 0.195. The third-order valence-electron chi connectivity index (χ3n) is 2.14. The first-order chi connectivity index (χ1) is 10.1. The molecule has 116 valence electrons. The van der Waals surface area contributed by atoms with Gasteiger partial charge in [0, 0.05) is 6.07 Å². The summed E-state index contributed by atoms with van der Waals surface area (Å²) in [4.78, 5) is 11.2. The number of nitrogens with zero attached hydrogens (tertiary/aromatic N) is 2. The fourth-order valence-corrected chi connectivity index (χ4v) is 1.29. The average molecular weight is 314 g/mol. The first kappa shape index (κ1) is 16.8. The number of alkyl halides is 3. The van der Waals surface area contributed by atoms with Crippen molar-refractivity contribution in [3.8, 4) is 11.8 Å². The highest BCUT2D eigenvalue weighted by Crippen LogP contribution is 2.27. The lowest BCUT2D eigenvalue weighted by Gasteiger charge is -2.12. The van der Waals surface area contributed by atoms with Gasteiger partial charge in [-0.15, -0.1) is 13.2 Å². The summed E-state index contributed by atoms with van der Waals surface area (Å²) < 4.78 is 40.2. The van der Waals surface area contributed by atoms with Crippen LogP contribution in [-0.4, -0.2) is 23.8 Å². The van der Waals surface area contributed by atoms with E-state index < -0.39 is 29.6 Å². The maximum Gasteiger partial charge on any atom is 0.573 e. The maximum absolute atomic E-state index is 12.2. The van der Waals surface area contributed by atoms with E-state index in [-0.39, 0.29) is 11.3 Å². The Labute approximate surface area is 121 Å². The SMILES string of the molecule is N#C/C(=N\Nc1cc(OC(F)(F)F)ccc1C(N)=O)C(=N)N. The van der Waals surface area contributed by atoms with Crippen molar-refractivity contribution in [2.24, 2.45) is 16.6 Å². The number of anilines is 1. The summed E-state index contributed by atoms with van der Waals surface area (Å²) in [5.41, 5.74) is 11.3. The normalized spacial score (nSPS) is 11.5. The minimum atomic E-state index is -4.92. The van der Waals surface area contributed by atoms with E-state index >= 15 is 0 Å². The van der Waals surface area contributed by atoms with E-state index in [0.29, 0.717) is 0 Å². The number of hydrogen-bond donors (Lipinski definition) is 4. The van der Waals surface area contributed by atoms with E-state index in [2.05, 4.69) is 15.3 Å². The minimum Gasteiger partial charge on any atom is -0.406 e. The molecule has 0 spiro atoms. The zero-order valence-corrected chi connectivity index (χ0v) is 10.7. The second-order valence-electron chi connectivity index (χ2n) is 3.72. The molecular weight excluding hydrogens is 305 g/mol. The van der Waals surface area contributed by atoms with Crippen LogP contribution < -0.4 is 21.6 Å². The van der Waals surface area contributed by atoms with E-state index in [1.54, 1.807) is 0 Å². The van der Waals surface area contributed by atoms with Gasteiger partial charge in [0.05, 0.1) is 11.3 Å². The lowest BCUT2D eigenvalue weighted by atomic mass is 10.1. The van der Waals surface area contributed by atoms with Crippen molar-refractivity contribution in [2.75, 3.05) is 5.43 Å². The van der Waals surface area contributed by atoms with Crippen molar-refractivity contribution in [1.82, 2.24) is 0 Å². The molecule has 0 unspecified atom stereocenters. The molecule has 1 aromatic carbocycles. The number of nitriles is 1. The number of amides is 1. The van der Waals surface area contributed by atoms with Crippen LogP contribution in [0.4, 0.5) is 18.9 Å². The predicted molar refractivity (Wildman–Crippen MR) is 70.2 cm³/mol. The van der Waals surface area contributed by atoms with Gasteiger partial charge >= 0.3 is 6.36 Å². The van der Waals surface area contributed by atoms with Crippen molar-refractivity contribution in [3.63, 3.8) is 0 Å². The van der Waals surface area contributed by atoms with E-state index in [0.717, 1.165) is 18.2 Å². The summed E-state index contributed by atoms with van der Waals surface area (Å²) in [5, 5.41) is 19.1. The lowest BCUT2D eigenvalue weighted by Crippen LogP contribution is -2.22. The molecule has 1 aromatic rings. The Balaban J connectivity index is 3.19. The number of nitrogens with one attached hydrogen (secondary N) is 2. The summed E-state index contributed by atoms with van der Waals surface area (Å²) in [6, 6.07) is 4.17. The molecule has 0 radical (unpaired) electrons. The van der Waals surface area contributed by atoms with Gasteiger partial charge in [-0.05, 0) is 12.1 Å². The highest BCUT2D eigenvalue weighted by Gasteiger charge is 2.31.